The fourth-order valence-electron chi connectivity index (χ4n) is 2.91. The van der Waals surface area contributed by atoms with Crippen molar-refractivity contribution in [2.45, 2.75) is 79.1 Å². The van der Waals surface area contributed by atoms with E-state index in [1.807, 2.05) is 0 Å². The van der Waals surface area contributed by atoms with Gasteiger partial charge in [-0.05, 0) is 62.3 Å². The highest BCUT2D eigenvalue weighted by Crippen LogP contribution is 2.41. The Hall–Kier alpha value is -4.19. The molecule has 0 aliphatic carbocycles. The lowest BCUT2D eigenvalue weighted by Crippen LogP contribution is -2.35. The summed E-state index contributed by atoms with van der Waals surface area (Å²) in [4.78, 5) is 50.5. The Bertz CT molecular complexity index is 1040. The van der Waals surface area contributed by atoms with E-state index in [1.165, 1.54) is 18.2 Å². The molecule has 3 N–H and O–H groups in total. The van der Waals surface area contributed by atoms with E-state index in [0.717, 1.165) is 0 Å². The topological polar surface area (TPSA) is 172 Å². The number of rotatable bonds is 13. The molecule has 0 atom stereocenters. The van der Waals surface area contributed by atoms with Crippen LogP contribution in [0.15, 0.2) is 17.1 Å². The smallest absolute Gasteiger partial charge is 0.407 e. The van der Waals surface area contributed by atoms with E-state index < -0.39 is 35.1 Å². The number of hydrogen-bond acceptors (Lipinski definition) is 11. The first-order chi connectivity index (χ1) is 19.4. The first-order valence-electron chi connectivity index (χ1n) is 13.4. The molecule has 236 valence electrons. The predicted molar refractivity (Wildman–Crippen MR) is 153 cm³/mol. The molecule has 0 heterocycles. The molecular weight excluding hydrogens is 552 g/mol. The Morgan fingerprint density at radius 3 is 1.29 bits per heavy atom. The molecule has 14 heteroatoms. The third-order valence-electron chi connectivity index (χ3n) is 4.25. The second-order valence-corrected chi connectivity index (χ2v) is 11.8. The Morgan fingerprint density at radius 2 is 0.976 bits per heavy atom. The summed E-state index contributed by atoms with van der Waals surface area (Å²) >= 11 is 0. The van der Waals surface area contributed by atoms with Gasteiger partial charge in [0.05, 0.1) is 25.3 Å². The van der Waals surface area contributed by atoms with Crippen LogP contribution in [0.3, 0.4) is 0 Å². The SMILES string of the molecule is CC(C)(C)OC(=O)NCCOc1cc(N=C=O)cc(OCCNC(=O)OC(C)(C)C)c1OCCNC(=O)OC(C)(C)C. The average molecular weight is 597 g/mol. The molecule has 0 bridgehead atoms. The van der Waals surface area contributed by atoms with Crippen LogP contribution < -0.4 is 30.2 Å². The third kappa shape index (κ3) is 16.8. The molecule has 0 spiro atoms. The van der Waals surface area contributed by atoms with E-state index in [0.29, 0.717) is 0 Å². The number of carbonyl (C=O) groups excluding carboxylic acids is 4. The molecule has 0 radical (unpaired) electrons. The fraction of sp³-hybridized carbons (Fsp3) is 0.643. The zero-order chi connectivity index (χ0) is 32.0. The number of ether oxygens (including phenoxy) is 6. The highest BCUT2D eigenvalue weighted by atomic mass is 16.6. The molecule has 0 saturated heterocycles. The van der Waals surface area contributed by atoms with Crippen molar-refractivity contribution in [3.05, 3.63) is 12.1 Å². The minimum absolute atomic E-state index is 0.000339. The maximum absolute atomic E-state index is 12.0. The number of amides is 3. The van der Waals surface area contributed by atoms with Gasteiger partial charge in [-0.1, -0.05) is 0 Å². The number of nitrogens with zero attached hydrogens (tertiary/aromatic N) is 1. The zero-order valence-electron chi connectivity index (χ0n) is 25.9. The highest BCUT2D eigenvalue weighted by Gasteiger charge is 2.20. The van der Waals surface area contributed by atoms with Gasteiger partial charge in [-0.2, -0.15) is 4.99 Å². The van der Waals surface area contributed by atoms with Crippen LogP contribution in [0.1, 0.15) is 62.3 Å². The molecule has 1 aromatic carbocycles. The maximum Gasteiger partial charge on any atom is 0.407 e. The van der Waals surface area contributed by atoms with Crippen LogP contribution >= 0.6 is 0 Å². The summed E-state index contributed by atoms with van der Waals surface area (Å²) in [5.41, 5.74) is -1.83. The zero-order valence-corrected chi connectivity index (χ0v) is 25.9. The van der Waals surface area contributed by atoms with Gasteiger partial charge in [-0.3, -0.25) is 0 Å². The lowest BCUT2D eigenvalue weighted by molar-refractivity contribution is 0.0505. The third-order valence-corrected chi connectivity index (χ3v) is 4.25. The van der Waals surface area contributed by atoms with Crippen molar-refractivity contribution in [3.63, 3.8) is 0 Å². The van der Waals surface area contributed by atoms with E-state index in [-0.39, 0.29) is 62.4 Å². The van der Waals surface area contributed by atoms with Gasteiger partial charge < -0.3 is 44.4 Å². The van der Waals surface area contributed by atoms with Crippen molar-refractivity contribution < 1.29 is 47.6 Å². The molecule has 0 saturated carbocycles. The number of carbonyl (C=O) groups is 3. The predicted octanol–water partition coefficient (Wildman–Crippen LogP) is 4.36. The van der Waals surface area contributed by atoms with Crippen LogP contribution in [0.2, 0.25) is 0 Å². The van der Waals surface area contributed by atoms with Gasteiger partial charge in [0, 0.05) is 12.1 Å². The minimum Gasteiger partial charge on any atom is -0.488 e. The van der Waals surface area contributed by atoms with Crippen molar-refractivity contribution in [1.29, 1.82) is 0 Å². The van der Waals surface area contributed by atoms with Gasteiger partial charge in [0.1, 0.15) is 36.6 Å². The molecule has 0 fully saturated rings. The summed E-state index contributed by atoms with van der Waals surface area (Å²) in [6, 6.07) is 2.86. The van der Waals surface area contributed by atoms with Crippen LogP contribution in [0.25, 0.3) is 0 Å². The Kier molecular flexibility index (Phi) is 13.9. The standard InChI is InChI=1S/C28H44N4O10/c1-26(2,3)40-23(34)29-10-13-37-20-16-19(32-18-33)17-21(38-14-11-30-24(35)41-27(4,5)6)22(20)39-15-12-31-25(36)42-28(7,8)9/h16-17H,10-15H2,1-9H3,(H,29,34)(H,30,35)(H,31,36). The first kappa shape index (κ1) is 35.8. The van der Waals surface area contributed by atoms with Crippen LogP contribution in [0, 0.1) is 0 Å². The van der Waals surface area contributed by atoms with Gasteiger partial charge in [0.15, 0.2) is 11.5 Å². The summed E-state index contributed by atoms with van der Waals surface area (Å²) in [5, 5.41) is 7.74. The second-order valence-electron chi connectivity index (χ2n) is 11.8. The summed E-state index contributed by atoms with van der Waals surface area (Å²) in [5.74, 6) is 0.426. The highest BCUT2D eigenvalue weighted by molar-refractivity contribution is 5.68. The van der Waals surface area contributed by atoms with Crippen molar-refractivity contribution in [2.24, 2.45) is 4.99 Å². The average Bonchev–Trinajstić information content (AvgIpc) is 2.80. The largest absolute Gasteiger partial charge is 0.488 e. The van der Waals surface area contributed by atoms with Gasteiger partial charge in [0.2, 0.25) is 11.8 Å². The first-order valence-corrected chi connectivity index (χ1v) is 13.4. The van der Waals surface area contributed by atoms with Gasteiger partial charge in [-0.25, -0.2) is 19.2 Å². The quantitative estimate of drug-likeness (QED) is 0.128. The molecule has 1 rings (SSSR count). The van der Waals surface area contributed by atoms with Crippen molar-refractivity contribution in [1.82, 2.24) is 16.0 Å². The summed E-state index contributed by atoms with van der Waals surface area (Å²) in [6.45, 7) is 16.0. The number of isocyanates is 1. The molecule has 0 aliphatic rings. The van der Waals surface area contributed by atoms with Crippen LogP contribution in [0.5, 0.6) is 17.2 Å². The lowest BCUT2D eigenvalue weighted by atomic mass is 10.2. The normalized spacial score (nSPS) is 11.4. The van der Waals surface area contributed by atoms with E-state index in [2.05, 4.69) is 20.9 Å². The Labute approximate surface area is 246 Å². The number of nitrogens with one attached hydrogen (secondary N) is 3. The molecule has 14 nitrogen and oxygen atoms in total. The maximum atomic E-state index is 12.0. The van der Waals surface area contributed by atoms with E-state index in [1.54, 1.807) is 62.3 Å². The number of aliphatic imine (C=N–C) groups is 1. The fourth-order valence-corrected chi connectivity index (χ4v) is 2.91. The molecule has 3 amide bonds. The van der Waals surface area contributed by atoms with Gasteiger partial charge in [0.25, 0.3) is 0 Å². The molecule has 0 aliphatic heterocycles. The van der Waals surface area contributed by atoms with Gasteiger partial charge in [-0.15, -0.1) is 0 Å². The molecule has 42 heavy (non-hydrogen) atoms. The summed E-state index contributed by atoms with van der Waals surface area (Å²) < 4.78 is 33.2. The molecule has 1 aromatic rings. The van der Waals surface area contributed by atoms with Crippen molar-refractivity contribution in [3.8, 4) is 17.2 Å². The van der Waals surface area contributed by atoms with E-state index in [9.17, 15) is 19.2 Å². The number of benzene rings is 1. The second kappa shape index (κ2) is 16.3. The van der Waals surface area contributed by atoms with Crippen molar-refractivity contribution in [2.75, 3.05) is 39.5 Å². The number of alkyl carbamates (subject to hydrolysis) is 3. The van der Waals surface area contributed by atoms with Crippen molar-refractivity contribution >= 4 is 30.0 Å². The van der Waals surface area contributed by atoms with E-state index >= 15 is 0 Å². The lowest BCUT2D eigenvalue weighted by Gasteiger charge is -2.21. The minimum atomic E-state index is -0.664. The van der Waals surface area contributed by atoms with Gasteiger partial charge >= 0.3 is 18.3 Å². The summed E-state index contributed by atoms with van der Waals surface area (Å²) in [6.07, 6.45) is -0.380. The molecular formula is C28H44N4O10. The van der Waals surface area contributed by atoms with Crippen LogP contribution in [0.4, 0.5) is 20.1 Å². The molecule has 0 aromatic heterocycles. The Balaban J connectivity index is 3.02. The Morgan fingerprint density at radius 1 is 0.643 bits per heavy atom. The monoisotopic (exact) mass is 596 g/mol. The van der Waals surface area contributed by atoms with E-state index in [4.69, 9.17) is 28.4 Å². The summed E-state index contributed by atoms with van der Waals surface area (Å²) in [7, 11) is 0. The van der Waals surface area contributed by atoms with Crippen LogP contribution in [-0.2, 0) is 19.0 Å². The number of hydrogen-bond donors (Lipinski definition) is 3. The van der Waals surface area contributed by atoms with Crippen LogP contribution in [-0.4, -0.2) is 80.6 Å². The molecule has 0 unspecified atom stereocenters.